The molecule has 116 valence electrons. The van der Waals surface area contributed by atoms with Crippen LogP contribution in [0.25, 0.3) is 0 Å². The summed E-state index contributed by atoms with van der Waals surface area (Å²) in [7, 11) is 4.10. The Balaban J connectivity index is 1.97. The molecule has 0 aliphatic heterocycles. The third-order valence-corrected chi connectivity index (χ3v) is 4.60. The number of carbonyl (C=O) groups excluding carboxylic acids is 1. The number of hydrogen-bond acceptors (Lipinski definition) is 2. The summed E-state index contributed by atoms with van der Waals surface area (Å²) in [5, 5.41) is 3.06. The number of hydrogen-bond donors (Lipinski definition) is 1. The molecule has 4 heteroatoms. The highest BCUT2D eigenvalue weighted by Crippen LogP contribution is 2.11. The predicted molar refractivity (Wildman–Crippen MR) is 99.1 cm³/mol. The van der Waals surface area contributed by atoms with Crippen LogP contribution in [0.4, 0.5) is 0 Å². The highest BCUT2D eigenvalue weighted by molar-refractivity contribution is 14.1. The maximum Gasteiger partial charge on any atom is 0.252 e. The van der Waals surface area contributed by atoms with Crippen LogP contribution in [0.2, 0.25) is 0 Å². The number of nitrogens with zero attached hydrogens (tertiary/aromatic N) is 1. The first-order valence-corrected chi connectivity index (χ1v) is 8.39. The molecule has 0 aliphatic carbocycles. The first kappa shape index (κ1) is 17.0. The molecule has 0 saturated heterocycles. The molecule has 3 nitrogen and oxygen atoms in total. The average molecular weight is 408 g/mol. The molecule has 0 aromatic heterocycles. The van der Waals surface area contributed by atoms with Gasteiger partial charge in [-0.1, -0.05) is 42.5 Å². The predicted octanol–water partition coefficient (Wildman–Crippen LogP) is 3.19. The molecule has 0 spiro atoms. The molecule has 0 saturated carbocycles. The second-order valence-corrected chi connectivity index (χ2v) is 6.66. The van der Waals surface area contributed by atoms with Crippen molar-refractivity contribution < 1.29 is 4.79 Å². The van der Waals surface area contributed by atoms with Gasteiger partial charge in [0, 0.05) is 16.2 Å². The lowest BCUT2D eigenvalue weighted by molar-refractivity contribution is 0.0941. The number of nitrogens with one attached hydrogen (secondary N) is 1. The van der Waals surface area contributed by atoms with Crippen molar-refractivity contribution in [3.8, 4) is 0 Å². The number of amides is 1. The average Bonchev–Trinajstić information content (AvgIpc) is 2.52. The Kier molecular flexibility index (Phi) is 6.39. The summed E-state index contributed by atoms with van der Waals surface area (Å²) in [4.78, 5) is 14.5. The lowest BCUT2D eigenvalue weighted by Crippen LogP contribution is -2.41. The number of benzene rings is 2. The lowest BCUT2D eigenvalue weighted by atomic mass is 10.1. The van der Waals surface area contributed by atoms with Crippen LogP contribution in [-0.2, 0) is 6.42 Å². The van der Waals surface area contributed by atoms with Crippen LogP contribution < -0.4 is 5.32 Å². The smallest absolute Gasteiger partial charge is 0.252 e. The Labute approximate surface area is 145 Å². The molecule has 0 heterocycles. The van der Waals surface area contributed by atoms with Gasteiger partial charge >= 0.3 is 0 Å². The number of likely N-dealkylation sites (N-methyl/N-ethyl adjacent to an activating group) is 1. The van der Waals surface area contributed by atoms with Gasteiger partial charge in [0.2, 0.25) is 0 Å². The molecule has 0 bridgehead atoms. The van der Waals surface area contributed by atoms with Gasteiger partial charge in [0.25, 0.3) is 5.91 Å². The van der Waals surface area contributed by atoms with E-state index in [2.05, 4.69) is 44.9 Å². The third kappa shape index (κ3) is 4.81. The van der Waals surface area contributed by atoms with Gasteiger partial charge < -0.3 is 10.2 Å². The molecule has 1 amide bonds. The van der Waals surface area contributed by atoms with Crippen LogP contribution in [-0.4, -0.2) is 37.5 Å². The molecular formula is C18H21IN2O. The molecule has 2 aromatic rings. The van der Waals surface area contributed by atoms with E-state index in [1.807, 2.05) is 56.6 Å². The van der Waals surface area contributed by atoms with Crippen LogP contribution in [0, 0.1) is 3.57 Å². The maximum absolute atomic E-state index is 12.3. The minimum atomic E-state index is -0.00934. The van der Waals surface area contributed by atoms with E-state index in [1.54, 1.807) is 0 Å². The van der Waals surface area contributed by atoms with Crippen molar-refractivity contribution in [1.29, 1.82) is 0 Å². The third-order valence-electron chi connectivity index (χ3n) is 3.66. The minimum Gasteiger partial charge on any atom is -0.350 e. The van der Waals surface area contributed by atoms with Gasteiger partial charge in [0.05, 0.1) is 5.56 Å². The van der Waals surface area contributed by atoms with Crippen molar-refractivity contribution in [2.75, 3.05) is 20.6 Å². The maximum atomic E-state index is 12.3. The van der Waals surface area contributed by atoms with Crippen molar-refractivity contribution in [3.63, 3.8) is 0 Å². The van der Waals surface area contributed by atoms with Gasteiger partial charge in [-0.3, -0.25) is 4.79 Å². The summed E-state index contributed by atoms with van der Waals surface area (Å²) < 4.78 is 0.974. The molecular weight excluding hydrogens is 387 g/mol. The van der Waals surface area contributed by atoms with Crippen LogP contribution in [0.1, 0.15) is 15.9 Å². The molecule has 1 atom stereocenters. The highest BCUT2D eigenvalue weighted by atomic mass is 127. The monoisotopic (exact) mass is 408 g/mol. The second kappa shape index (κ2) is 8.29. The fraction of sp³-hybridized carbons (Fsp3) is 0.278. The van der Waals surface area contributed by atoms with Gasteiger partial charge in [-0.2, -0.15) is 0 Å². The van der Waals surface area contributed by atoms with Gasteiger partial charge in [-0.05, 0) is 60.8 Å². The molecule has 0 radical (unpaired) electrons. The standard InChI is InChI=1S/C18H21IN2O/c1-21(2)15(12-14-8-4-3-5-9-14)13-20-18(22)16-10-6-7-11-17(16)19/h3-11,15H,12-13H2,1-2H3,(H,20,22)/t15-/m1/s1. The van der Waals surface area contributed by atoms with E-state index in [4.69, 9.17) is 0 Å². The number of carbonyl (C=O) groups is 1. The van der Waals surface area contributed by atoms with E-state index < -0.39 is 0 Å². The Morgan fingerprint density at radius 2 is 1.73 bits per heavy atom. The summed E-state index contributed by atoms with van der Waals surface area (Å²) in [5.41, 5.74) is 2.02. The molecule has 22 heavy (non-hydrogen) atoms. The first-order valence-electron chi connectivity index (χ1n) is 7.31. The fourth-order valence-corrected chi connectivity index (χ4v) is 2.91. The summed E-state index contributed by atoms with van der Waals surface area (Å²) in [6.07, 6.45) is 0.917. The van der Waals surface area contributed by atoms with E-state index in [0.717, 1.165) is 15.6 Å². The molecule has 0 unspecified atom stereocenters. The Morgan fingerprint density at radius 1 is 1.09 bits per heavy atom. The fourth-order valence-electron chi connectivity index (χ4n) is 2.27. The number of rotatable bonds is 6. The quantitative estimate of drug-likeness (QED) is 0.745. The minimum absolute atomic E-state index is 0.00934. The molecule has 2 rings (SSSR count). The zero-order chi connectivity index (χ0) is 15.9. The van der Waals surface area contributed by atoms with Gasteiger partial charge in [0.1, 0.15) is 0 Å². The lowest BCUT2D eigenvalue weighted by Gasteiger charge is -2.25. The summed E-state index contributed by atoms with van der Waals surface area (Å²) in [6.45, 7) is 0.631. The van der Waals surface area contributed by atoms with E-state index in [9.17, 15) is 4.79 Å². The van der Waals surface area contributed by atoms with E-state index in [1.165, 1.54) is 5.56 Å². The van der Waals surface area contributed by atoms with Crippen molar-refractivity contribution in [2.24, 2.45) is 0 Å². The van der Waals surface area contributed by atoms with Crippen LogP contribution in [0.15, 0.2) is 54.6 Å². The van der Waals surface area contributed by atoms with Gasteiger partial charge in [0.15, 0.2) is 0 Å². The highest BCUT2D eigenvalue weighted by Gasteiger charge is 2.15. The Bertz CT molecular complexity index is 613. The van der Waals surface area contributed by atoms with Crippen molar-refractivity contribution in [2.45, 2.75) is 12.5 Å². The Hall–Kier alpha value is -1.40. The second-order valence-electron chi connectivity index (χ2n) is 5.50. The van der Waals surface area contributed by atoms with E-state index >= 15 is 0 Å². The Morgan fingerprint density at radius 3 is 2.36 bits per heavy atom. The summed E-state index contributed by atoms with van der Waals surface area (Å²) >= 11 is 2.19. The van der Waals surface area contributed by atoms with Crippen LogP contribution >= 0.6 is 22.6 Å². The molecule has 1 N–H and O–H groups in total. The zero-order valence-corrected chi connectivity index (χ0v) is 15.1. The van der Waals surface area contributed by atoms with Crippen LogP contribution in [0.5, 0.6) is 0 Å². The van der Waals surface area contributed by atoms with Crippen molar-refractivity contribution in [1.82, 2.24) is 10.2 Å². The van der Waals surface area contributed by atoms with Crippen LogP contribution in [0.3, 0.4) is 0 Å². The SMILES string of the molecule is CN(C)[C@@H](CNC(=O)c1ccccc1I)Cc1ccccc1. The molecule has 0 aliphatic rings. The molecule has 0 fully saturated rings. The zero-order valence-electron chi connectivity index (χ0n) is 12.9. The van der Waals surface area contributed by atoms with Gasteiger partial charge in [-0.25, -0.2) is 0 Å². The normalized spacial score (nSPS) is 12.2. The first-order chi connectivity index (χ1) is 10.6. The van der Waals surface area contributed by atoms with Gasteiger partial charge in [-0.15, -0.1) is 0 Å². The summed E-state index contributed by atoms with van der Waals surface area (Å²) in [5.74, 6) is -0.00934. The topological polar surface area (TPSA) is 32.3 Å². The van der Waals surface area contributed by atoms with Crippen molar-refractivity contribution >= 4 is 28.5 Å². The number of halogens is 1. The molecule has 2 aromatic carbocycles. The largest absolute Gasteiger partial charge is 0.350 e. The summed E-state index contributed by atoms with van der Waals surface area (Å²) in [6, 6.07) is 18.3. The van der Waals surface area contributed by atoms with E-state index in [-0.39, 0.29) is 11.9 Å². The van der Waals surface area contributed by atoms with E-state index in [0.29, 0.717) is 6.54 Å². The van der Waals surface area contributed by atoms with Crippen molar-refractivity contribution in [3.05, 3.63) is 69.3 Å².